The Morgan fingerprint density at radius 3 is 2.19 bits per heavy atom. The van der Waals surface area contributed by atoms with Gasteiger partial charge in [0.25, 0.3) is 0 Å². The molecule has 3 aromatic carbocycles. The zero-order chi connectivity index (χ0) is 14.5. The van der Waals surface area contributed by atoms with Crippen molar-refractivity contribution < 1.29 is 5.11 Å². The van der Waals surface area contributed by atoms with Gasteiger partial charge in [0.05, 0.1) is 0 Å². The minimum Gasteiger partial charge on any atom is -0.396 e. The maximum absolute atomic E-state index is 8.82. The Bertz CT molecular complexity index is 730. The summed E-state index contributed by atoms with van der Waals surface area (Å²) >= 11 is 0. The molecule has 0 aliphatic heterocycles. The van der Waals surface area contributed by atoms with Crippen LogP contribution in [0.25, 0.3) is 21.5 Å². The normalized spacial score (nSPS) is 11.3. The van der Waals surface area contributed by atoms with E-state index in [-0.39, 0.29) is 0 Å². The molecule has 0 aliphatic rings. The SMILES string of the molecule is OCCCCCCc1cccc2cc3ccccc3cc12. The van der Waals surface area contributed by atoms with Crippen molar-refractivity contribution in [2.24, 2.45) is 0 Å². The summed E-state index contributed by atoms with van der Waals surface area (Å²) in [7, 11) is 0. The third-order valence-electron chi connectivity index (χ3n) is 4.19. The van der Waals surface area contributed by atoms with E-state index in [1.807, 2.05) is 0 Å². The molecule has 0 saturated carbocycles. The van der Waals surface area contributed by atoms with Crippen molar-refractivity contribution in [2.75, 3.05) is 6.61 Å². The number of rotatable bonds is 6. The maximum atomic E-state index is 8.82. The zero-order valence-corrected chi connectivity index (χ0v) is 12.4. The van der Waals surface area contributed by atoms with Crippen LogP contribution in [0.1, 0.15) is 31.2 Å². The van der Waals surface area contributed by atoms with Gasteiger partial charge in [0.2, 0.25) is 0 Å². The van der Waals surface area contributed by atoms with Crippen LogP contribution in [0.2, 0.25) is 0 Å². The van der Waals surface area contributed by atoms with Gasteiger partial charge in [-0.05, 0) is 58.5 Å². The topological polar surface area (TPSA) is 20.2 Å². The van der Waals surface area contributed by atoms with Gasteiger partial charge in [-0.25, -0.2) is 0 Å². The summed E-state index contributed by atoms with van der Waals surface area (Å²) in [6.45, 7) is 0.320. The second-order valence-electron chi connectivity index (χ2n) is 5.73. The Morgan fingerprint density at radius 1 is 0.667 bits per heavy atom. The van der Waals surface area contributed by atoms with E-state index in [0.717, 1.165) is 19.3 Å². The van der Waals surface area contributed by atoms with Crippen LogP contribution in [0, 0.1) is 0 Å². The van der Waals surface area contributed by atoms with E-state index in [1.165, 1.54) is 39.9 Å². The number of aryl methyl sites for hydroxylation is 1. The van der Waals surface area contributed by atoms with Crippen molar-refractivity contribution in [3.63, 3.8) is 0 Å². The van der Waals surface area contributed by atoms with Gasteiger partial charge in [-0.2, -0.15) is 0 Å². The first kappa shape index (κ1) is 14.1. The lowest BCUT2D eigenvalue weighted by molar-refractivity contribution is 0.282. The molecule has 21 heavy (non-hydrogen) atoms. The summed E-state index contributed by atoms with van der Waals surface area (Å²) in [5.41, 5.74) is 1.45. The van der Waals surface area contributed by atoms with Gasteiger partial charge in [-0.3, -0.25) is 0 Å². The van der Waals surface area contributed by atoms with Gasteiger partial charge in [0.15, 0.2) is 0 Å². The van der Waals surface area contributed by atoms with Crippen LogP contribution in [-0.4, -0.2) is 11.7 Å². The van der Waals surface area contributed by atoms with Gasteiger partial charge in [0, 0.05) is 6.61 Å². The zero-order valence-electron chi connectivity index (χ0n) is 12.4. The summed E-state index contributed by atoms with van der Waals surface area (Å²) < 4.78 is 0. The summed E-state index contributed by atoms with van der Waals surface area (Å²) in [4.78, 5) is 0. The molecule has 0 unspecified atom stereocenters. The van der Waals surface area contributed by atoms with E-state index in [9.17, 15) is 0 Å². The minimum absolute atomic E-state index is 0.320. The van der Waals surface area contributed by atoms with E-state index in [0.29, 0.717) is 6.61 Å². The van der Waals surface area contributed by atoms with E-state index < -0.39 is 0 Å². The lowest BCUT2D eigenvalue weighted by Crippen LogP contribution is -1.90. The van der Waals surface area contributed by atoms with Crippen LogP contribution < -0.4 is 0 Å². The number of unbranched alkanes of at least 4 members (excludes halogenated alkanes) is 3. The fourth-order valence-electron chi connectivity index (χ4n) is 3.03. The van der Waals surface area contributed by atoms with Crippen molar-refractivity contribution in [1.82, 2.24) is 0 Å². The second-order valence-corrected chi connectivity index (χ2v) is 5.73. The van der Waals surface area contributed by atoms with Gasteiger partial charge < -0.3 is 5.11 Å². The number of hydrogen-bond acceptors (Lipinski definition) is 1. The minimum atomic E-state index is 0.320. The van der Waals surface area contributed by atoms with Crippen LogP contribution in [0.4, 0.5) is 0 Å². The molecule has 0 radical (unpaired) electrons. The summed E-state index contributed by atoms with van der Waals surface area (Å²) in [6.07, 6.45) is 5.59. The molecular weight excluding hydrogens is 256 g/mol. The Balaban J connectivity index is 1.86. The highest BCUT2D eigenvalue weighted by Crippen LogP contribution is 2.26. The second kappa shape index (κ2) is 6.73. The molecule has 1 nitrogen and oxygen atoms in total. The molecule has 0 aliphatic carbocycles. The smallest absolute Gasteiger partial charge is 0.0431 e. The van der Waals surface area contributed by atoms with E-state index in [4.69, 9.17) is 5.11 Å². The molecule has 0 saturated heterocycles. The lowest BCUT2D eigenvalue weighted by Gasteiger charge is -2.08. The average Bonchev–Trinajstić information content (AvgIpc) is 2.53. The van der Waals surface area contributed by atoms with E-state index in [2.05, 4.69) is 54.6 Å². The van der Waals surface area contributed by atoms with Crippen LogP contribution >= 0.6 is 0 Å². The molecule has 0 fully saturated rings. The third kappa shape index (κ3) is 3.25. The average molecular weight is 278 g/mol. The molecule has 0 bridgehead atoms. The van der Waals surface area contributed by atoms with Crippen LogP contribution in [0.15, 0.2) is 54.6 Å². The van der Waals surface area contributed by atoms with Gasteiger partial charge in [0.1, 0.15) is 0 Å². The van der Waals surface area contributed by atoms with E-state index >= 15 is 0 Å². The Labute approximate surface area is 126 Å². The quantitative estimate of drug-likeness (QED) is 0.492. The fourth-order valence-corrected chi connectivity index (χ4v) is 3.03. The maximum Gasteiger partial charge on any atom is 0.0431 e. The van der Waals surface area contributed by atoms with Crippen molar-refractivity contribution in [1.29, 1.82) is 0 Å². The first-order chi connectivity index (χ1) is 10.4. The van der Waals surface area contributed by atoms with Crippen LogP contribution in [0.5, 0.6) is 0 Å². The largest absolute Gasteiger partial charge is 0.396 e. The number of benzene rings is 3. The highest BCUT2D eigenvalue weighted by Gasteiger charge is 2.03. The van der Waals surface area contributed by atoms with Gasteiger partial charge in [-0.15, -0.1) is 0 Å². The first-order valence-corrected chi connectivity index (χ1v) is 7.90. The highest BCUT2D eigenvalue weighted by molar-refractivity contribution is 5.99. The number of fused-ring (bicyclic) bond motifs is 2. The lowest BCUT2D eigenvalue weighted by atomic mass is 9.96. The Hall–Kier alpha value is -1.86. The molecule has 0 amide bonds. The van der Waals surface area contributed by atoms with Crippen molar-refractivity contribution in [2.45, 2.75) is 32.1 Å². The Kier molecular flexibility index (Phi) is 4.52. The highest BCUT2D eigenvalue weighted by atomic mass is 16.2. The molecule has 3 aromatic rings. The number of aliphatic hydroxyl groups is 1. The fraction of sp³-hybridized carbons (Fsp3) is 0.300. The van der Waals surface area contributed by atoms with E-state index in [1.54, 1.807) is 0 Å². The standard InChI is InChI=1S/C20H22O/c21-13-6-2-1-3-8-16-11-7-12-19-14-17-9-4-5-10-18(17)15-20(16)19/h4-5,7,9-12,14-15,21H,1-3,6,8,13H2. The molecule has 1 heteroatoms. The van der Waals surface area contributed by atoms with Crippen molar-refractivity contribution in [3.8, 4) is 0 Å². The van der Waals surface area contributed by atoms with Gasteiger partial charge in [-0.1, -0.05) is 55.3 Å². The molecule has 3 rings (SSSR count). The predicted octanol–water partition coefficient (Wildman–Crippen LogP) is 5.09. The predicted molar refractivity (Wildman–Crippen MR) is 90.7 cm³/mol. The van der Waals surface area contributed by atoms with Crippen LogP contribution in [-0.2, 0) is 6.42 Å². The summed E-state index contributed by atoms with van der Waals surface area (Å²) in [5.74, 6) is 0. The number of hydrogen-bond donors (Lipinski definition) is 1. The van der Waals surface area contributed by atoms with Gasteiger partial charge >= 0.3 is 0 Å². The summed E-state index contributed by atoms with van der Waals surface area (Å²) in [5, 5.41) is 14.2. The third-order valence-corrected chi connectivity index (χ3v) is 4.19. The summed E-state index contributed by atoms with van der Waals surface area (Å²) in [6, 6.07) is 19.8. The van der Waals surface area contributed by atoms with Crippen molar-refractivity contribution in [3.05, 3.63) is 60.2 Å². The molecule has 0 aromatic heterocycles. The first-order valence-electron chi connectivity index (χ1n) is 7.90. The Morgan fingerprint density at radius 2 is 1.38 bits per heavy atom. The molecule has 108 valence electrons. The molecule has 0 heterocycles. The molecular formula is C20H22O. The molecule has 0 spiro atoms. The van der Waals surface area contributed by atoms with Crippen molar-refractivity contribution >= 4 is 21.5 Å². The van der Waals surface area contributed by atoms with Crippen LogP contribution in [0.3, 0.4) is 0 Å². The molecule has 0 atom stereocenters. The monoisotopic (exact) mass is 278 g/mol. The number of aliphatic hydroxyl groups excluding tert-OH is 1. The molecule has 1 N–H and O–H groups in total.